The standard InChI is InChI=1S/C17H14N4O4S2/c22-16(19-20-17(23)13-3-1-9-18-11-13)12-5-7-14(8-6-12)21-27(24,25)15-4-2-10-26-15/h1-11,21H,(H,19,22)(H,20,23). The maximum absolute atomic E-state index is 12.2. The molecule has 0 aliphatic heterocycles. The van der Waals surface area contributed by atoms with E-state index >= 15 is 0 Å². The van der Waals surface area contributed by atoms with E-state index in [1.54, 1.807) is 23.6 Å². The number of hydrogen-bond donors (Lipinski definition) is 3. The molecule has 0 bridgehead atoms. The third kappa shape index (κ3) is 4.68. The summed E-state index contributed by atoms with van der Waals surface area (Å²) in [6.45, 7) is 0. The fourth-order valence-electron chi connectivity index (χ4n) is 2.07. The minimum Gasteiger partial charge on any atom is -0.279 e. The molecule has 8 nitrogen and oxygen atoms in total. The zero-order valence-corrected chi connectivity index (χ0v) is 15.4. The van der Waals surface area contributed by atoms with Gasteiger partial charge in [-0.25, -0.2) is 8.42 Å². The third-order valence-corrected chi connectivity index (χ3v) is 6.15. The highest BCUT2D eigenvalue weighted by atomic mass is 32.2. The lowest BCUT2D eigenvalue weighted by atomic mass is 10.2. The summed E-state index contributed by atoms with van der Waals surface area (Å²) < 4.78 is 27.0. The van der Waals surface area contributed by atoms with Crippen LogP contribution < -0.4 is 15.6 Å². The van der Waals surface area contributed by atoms with Gasteiger partial charge in [-0.3, -0.25) is 30.1 Å². The Balaban J connectivity index is 1.60. The molecule has 0 saturated heterocycles. The number of nitrogens with zero attached hydrogens (tertiary/aromatic N) is 1. The number of anilines is 1. The summed E-state index contributed by atoms with van der Waals surface area (Å²) in [5.74, 6) is -1.04. The third-order valence-electron chi connectivity index (χ3n) is 3.37. The van der Waals surface area contributed by atoms with Crippen molar-refractivity contribution in [3.63, 3.8) is 0 Å². The van der Waals surface area contributed by atoms with Crippen LogP contribution in [0.25, 0.3) is 0 Å². The Morgan fingerprint density at radius 1 is 0.889 bits per heavy atom. The Morgan fingerprint density at radius 2 is 1.59 bits per heavy atom. The fourth-order valence-corrected chi connectivity index (χ4v) is 4.12. The summed E-state index contributed by atoms with van der Waals surface area (Å²) >= 11 is 1.11. The molecule has 27 heavy (non-hydrogen) atoms. The highest BCUT2D eigenvalue weighted by molar-refractivity contribution is 7.94. The molecule has 0 spiro atoms. The topological polar surface area (TPSA) is 117 Å². The lowest BCUT2D eigenvalue weighted by Gasteiger charge is -2.09. The molecule has 1 aromatic carbocycles. The molecule has 138 valence electrons. The minimum atomic E-state index is -3.65. The first-order valence-corrected chi connectivity index (χ1v) is 9.99. The van der Waals surface area contributed by atoms with E-state index in [-0.39, 0.29) is 9.77 Å². The number of aromatic nitrogens is 1. The van der Waals surface area contributed by atoms with E-state index < -0.39 is 21.8 Å². The van der Waals surface area contributed by atoms with Crippen LogP contribution in [0.15, 0.2) is 70.5 Å². The van der Waals surface area contributed by atoms with E-state index in [0.717, 1.165) is 11.3 Å². The first-order valence-electron chi connectivity index (χ1n) is 7.63. The van der Waals surface area contributed by atoms with Gasteiger partial charge in [0.15, 0.2) is 0 Å². The molecular formula is C17H14N4O4S2. The maximum Gasteiger partial charge on any atom is 0.271 e. The van der Waals surface area contributed by atoms with Gasteiger partial charge in [-0.05, 0) is 47.8 Å². The lowest BCUT2D eigenvalue weighted by Crippen LogP contribution is -2.41. The lowest BCUT2D eigenvalue weighted by molar-refractivity contribution is 0.0846. The van der Waals surface area contributed by atoms with Crippen molar-refractivity contribution >= 4 is 38.9 Å². The normalized spacial score (nSPS) is 10.8. The van der Waals surface area contributed by atoms with Crippen molar-refractivity contribution in [3.05, 3.63) is 77.4 Å². The molecule has 3 N–H and O–H groups in total. The summed E-state index contributed by atoms with van der Waals surface area (Å²) in [7, 11) is -3.65. The minimum absolute atomic E-state index is 0.197. The van der Waals surface area contributed by atoms with Crippen LogP contribution in [-0.4, -0.2) is 25.2 Å². The summed E-state index contributed by atoms with van der Waals surface area (Å²) in [5.41, 5.74) is 5.44. The Hall–Kier alpha value is -3.24. The molecule has 3 rings (SSSR count). The average Bonchev–Trinajstić information content (AvgIpc) is 3.23. The molecule has 0 radical (unpaired) electrons. The van der Waals surface area contributed by atoms with Crippen molar-refractivity contribution in [1.82, 2.24) is 15.8 Å². The van der Waals surface area contributed by atoms with E-state index in [1.807, 2.05) is 0 Å². The van der Waals surface area contributed by atoms with E-state index in [4.69, 9.17) is 0 Å². The van der Waals surface area contributed by atoms with Crippen LogP contribution in [0.1, 0.15) is 20.7 Å². The molecular weight excluding hydrogens is 388 g/mol. The van der Waals surface area contributed by atoms with Gasteiger partial charge in [0.05, 0.1) is 5.56 Å². The monoisotopic (exact) mass is 402 g/mol. The number of amides is 2. The highest BCUT2D eigenvalue weighted by Gasteiger charge is 2.15. The van der Waals surface area contributed by atoms with Crippen LogP contribution >= 0.6 is 11.3 Å². The van der Waals surface area contributed by atoms with Crippen LogP contribution in [0.4, 0.5) is 5.69 Å². The van der Waals surface area contributed by atoms with Crippen LogP contribution in [0, 0.1) is 0 Å². The fraction of sp³-hybridized carbons (Fsp3) is 0. The molecule has 2 aromatic heterocycles. The largest absolute Gasteiger partial charge is 0.279 e. The van der Waals surface area contributed by atoms with Gasteiger partial charge in [-0.1, -0.05) is 6.07 Å². The van der Waals surface area contributed by atoms with Crippen molar-refractivity contribution in [1.29, 1.82) is 0 Å². The first kappa shape index (κ1) is 18.5. The Kier molecular flexibility index (Phi) is 5.48. The summed E-state index contributed by atoms with van der Waals surface area (Å²) in [4.78, 5) is 27.8. The first-order chi connectivity index (χ1) is 13.0. The number of nitrogens with one attached hydrogen (secondary N) is 3. The molecule has 0 fully saturated rings. The smallest absolute Gasteiger partial charge is 0.271 e. The van der Waals surface area contributed by atoms with Crippen molar-refractivity contribution in [2.45, 2.75) is 4.21 Å². The van der Waals surface area contributed by atoms with Crippen LogP contribution in [0.2, 0.25) is 0 Å². The van der Waals surface area contributed by atoms with E-state index in [0.29, 0.717) is 11.3 Å². The average molecular weight is 402 g/mol. The molecule has 0 saturated carbocycles. The van der Waals surface area contributed by atoms with Crippen LogP contribution in [0.3, 0.4) is 0 Å². The molecule has 0 aliphatic rings. The summed E-state index contributed by atoms with van der Waals surface area (Å²) in [5, 5.41) is 1.67. The second-order valence-corrected chi connectivity index (χ2v) is 8.12. The van der Waals surface area contributed by atoms with Gasteiger partial charge >= 0.3 is 0 Å². The summed E-state index contributed by atoms with van der Waals surface area (Å²) in [6, 6.07) is 12.1. The number of sulfonamides is 1. The molecule has 2 heterocycles. The van der Waals surface area contributed by atoms with Crippen molar-refractivity contribution < 1.29 is 18.0 Å². The van der Waals surface area contributed by atoms with Gasteiger partial charge in [-0.15, -0.1) is 11.3 Å². The van der Waals surface area contributed by atoms with Crippen molar-refractivity contribution in [3.8, 4) is 0 Å². The van der Waals surface area contributed by atoms with E-state index in [1.165, 1.54) is 42.7 Å². The number of benzene rings is 1. The van der Waals surface area contributed by atoms with Crippen LogP contribution in [-0.2, 0) is 10.0 Å². The zero-order chi connectivity index (χ0) is 19.3. The number of carbonyl (C=O) groups is 2. The Morgan fingerprint density at radius 3 is 2.19 bits per heavy atom. The Labute approximate surface area is 159 Å². The molecule has 0 atom stereocenters. The molecule has 10 heteroatoms. The second-order valence-electron chi connectivity index (χ2n) is 5.26. The number of rotatable bonds is 5. The van der Waals surface area contributed by atoms with Gasteiger partial charge in [0, 0.05) is 23.6 Å². The van der Waals surface area contributed by atoms with E-state index in [9.17, 15) is 18.0 Å². The Bertz CT molecular complexity index is 1030. The van der Waals surface area contributed by atoms with E-state index in [2.05, 4.69) is 20.6 Å². The van der Waals surface area contributed by atoms with Gasteiger partial charge in [0.1, 0.15) is 4.21 Å². The van der Waals surface area contributed by atoms with Crippen LogP contribution in [0.5, 0.6) is 0 Å². The predicted octanol–water partition coefficient (Wildman–Crippen LogP) is 2.02. The molecule has 0 unspecified atom stereocenters. The predicted molar refractivity (Wildman–Crippen MR) is 101 cm³/mol. The molecule has 2 amide bonds. The van der Waals surface area contributed by atoms with Gasteiger partial charge < -0.3 is 0 Å². The number of carbonyl (C=O) groups excluding carboxylic acids is 2. The van der Waals surface area contributed by atoms with Gasteiger partial charge in [0.25, 0.3) is 21.8 Å². The second kappa shape index (κ2) is 7.98. The number of hydrazine groups is 1. The van der Waals surface area contributed by atoms with Crippen molar-refractivity contribution in [2.24, 2.45) is 0 Å². The van der Waals surface area contributed by atoms with Gasteiger partial charge in [-0.2, -0.15) is 0 Å². The maximum atomic E-state index is 12.2. The highest BCUT2D eigenvalue weighted by Crippen LogP contribution is 2.20. The van der Waals surface area contributed by atoms with Gasteiger partial charge in [0.2, 0.25) is 0 Å². The number of thiophene rings is 1. The quantitative estimate of drug-likeness (QED) is 0.565. The number of hydrogen-bond acceptors (Lipinski definition) is 6. The summed E-state index contributed by atoms with van der Waals surface area (Å²) in [6.07, 6.45) is 2.90. The SMILES string of the molecule is O=C(NNC(=O)c1cccnc1)c1ccc(NS(=O)(=O)c2cccs2)cc1. The van der Waals surface area contributed by atoms with Crippen molar-refractivity contribution in [2.75, 3.05) is 4.72 Å². The molecule has 3 aromatic rings. The number of pyridine rings is 1. The molecule has 0 aliphatic carbocycles. The zero-order valence-electron chi connectivity index (χ0n) is 13.7.